The summed E-state index contributed by atoms with van der Waals surface area (Å²) in [6, 6.07) is 18.0. The fourth-order valence-electron chi connectivity index (χ4n) is 3.91. The maximum absolute atomic E-state index is 13.3. The molecule has 0 radical (unpaired) electrons. The van der Waals surface area contributed by atoms with E-state index >= 15 is 0 Å². The first kappa shape index (κ1) is 32.6. The van der Waals surface area contributed by atoms with E-state index in [0.717, 1.165) is 29.2 Å². The smallest absolute Gasteiger partial charge is 0.416 e. The van der Waals surface area contributed by atoms with Crippen LogP contribution in [0.2, 0.25) is 5.02 Å². The number of carboxylic acid groups (broad SMARTS) is 1. The van der Waals surface area contributed by atoms with Crippen LogP contribution in [0.25, 0.3) is 5.70 Å². The number of amides is 2. The van der Waals surface area contributed by atoms with E-state index in [1.807, 2.05) is 0 Å². The predicted octanol–water partition coefficient (Wildman–Crippen LogP) is 5.83. The standard InChI is InChI=1S/C31H28ClF3N4O4/c1-20(37-17-16-26(36)22-8-5-9-24(32)19-22)39(25-12-10-23(11-13-25)31(33,34)35)29(41)15-14-28(40)38-27(30(42)43)18-21-6-3-2-4-7-21/h2-13,16-17,19,27H,1,14-15,18,36H2,(H,38,40)(H,42,43)/b26-16-,37-17?. The Kier molecular flexibility index (Phi) is 11.2. The van der Waals surface area contributed by atoms with Gasteiger partial charge in [-0.2, -0.15) is 13.2 Å². The summed E-state index contributed by atoms with van der Waals surface area (Å²) in [6.07, 6.45) is -2.68. The number of allylic oxidation sites excluding steroid dienone is 1. The maximum Gasteiger partial charge on any atom is 0.416 e. The number of aliphatic imine (C=N–C) groups is 1. The van der Waals surface area contributed by atoms with Crippen LogP contribution < -0.4 is 16.0 Å². The van der Waals surface area contributed by atoms with Crippen LogP contribution in [0.4, 0.5) is 18.9 Å². The van der Waals surface area contributed by atoms with E-state index in [2.05, 4.69) is 16.9 Å². The predicted molar refractivity (Wildman–Crippen MR) is 159 cm³/mol. The fraction of sp³-hybridized carbons (Fsp3) is 0.161. The van der Waals surface area contributed by atoms with E-state index in [0.29, 0.717) is 21.8 Å². The number of carbonyl (C=O) groups excluding carboxylic acids is 2. The second-order valence-corrected chi connectivity index (χ2v) is 9.69. The van der Waals surface area contributed by atoms with Crippen LogP contribution in [-0.4, -0.2) is 35.1 Å². The number of aliphatic carboxylic acids is 1. The molecule has 0 aliphatic carbocycles. The summed E-state index contributed by atoms with van der Waals surface area (Å²) in [6.45, 7) is 3.77. The van der Waals surface area contributed by atoms with Gasteiger partial charge in [0.15, 0.2) is 0 Å². The van der Waals surface area contributed by atoms with Crippen LogP contribution >= 0.6 is 11.6 Å². The summed E-state index contributed by atoms with van der Waals surface area (Å²) in [4.78, 5) is 42.6. The van der Waals surface area contributed by atoms with Gasteiger partial charge in [0, 0.05) is 36.2 Å². The summed E-state index contributed by atoms with van der Waals surface area (Å²) in [5.41, 5.74) is 6.76. The second-order valence-electron chi connectivity index (χ2n) is 9.25. The van der Waals surface area contributed by atoms with Gasteiger partial charge >= 0.3 is 12.1 Å². The number of anilines is 1. The van der Waals surface area contributed by atoms with Crippen LogP contribution in [-0.2, 0) is 27.0 Å². The molecule has 3 aromatic carbocycles. The van der Waals surface area contributed by atoms with Crippen LogP contribution in [0.1, 0.15) is 29.5 Å². The van der Waals surface area contributed by atoms with Crippen molar-refractivity contribution in [3.8, 4) is 0 Å². The Morgan fingerprint density at radius 3 is 2.30 bits per heavy atom. The third-order valence-electron chi connectivity index (χ3n) is 6.08. The number of nitrogens with two attached hydrogens (primary N) is 1. The van der Waals surface area contributed by atoms with Crippen LogP contribution in [0.5, 0.6) is 0 Å². The SMILES string of the molecule is C=C(N=C/C=C(\N)c1cccc(Cl)c1)N(C(=O)CCC(=O)NC(Cc1ccccc1)C(=O)O)c1ccc(C(F)(F)F)cc1. The summed E-state index contributed by atoms with van der Waals surface area (Å²) in [5, 5.41) is 12.4. The van der Waals surface area contributed by atoms with Crippen molar-refractivity contribution in [2.45, 2.75) is 31.5 Å². The minimum atomic E-state index is -4.59. The molecular formula is C31H28ClF3N4O4. The number of carboxylic acids is 1. The molecule has 8 nitrogen and oxygen atoms in total. The highest BCUT2D eigenvalue weighted by Crippen LogP contribution is 2.31. The first-order valence-electron chi connectivity index (χ1n) is 12.9. The highest BCUT2D eigenvalue weighted by atomic mass is 35.5. The van der Waals surface area contributed by atoms with Gasteiger partial charge < -0.3 is 16.2 Å². The van der Waals surface area contributed by atoms with Crippen molar-refractivity contribution in [1.29, 1.82) is 0 Å². The molecule has 43 heavy (non-hydrogen) atoms. The molecule has 0 fully saturated rings. The van der Waals surface area contributed by atoms with Gasteiger partial charge in [0.05, 0.1) is 11.3 Å². The Morgan fingerprint density at radius 2 is 1.70 bits per heavy atom. The number of carbonyl (C=O) groups is 3. The molecule has 1 atom stereocenters. The number of rotatable bonds is 12. The van der Waals surface area contributed by atoms with Gasteiger partial charge in [-0.05, 0) is 53.6 Å². The fourth-order valence-corrected chi connectivity index (χ4v) is 4.10. The molecule has 0 aliphatic rings. The lowest BCUT2D eigenvalue weighted by Crippen LogP contribution is -2.42. The molecular weight excluding hydrogens is 585 g/mol. The molecule has 224 valence electrons. The van der Waals surface area contributed by atoms with Crippen molar-refractivity contribution in [1.82, 2.24) is 5.32 Å². The minimum absolute atomic E-state index is 0.0276. The molecule has 0 saturated carbocycles. The van der Waals surface area contributed by atoms with E-state index in [1.54, 1.807) is 54.6 Å². The number of alkyl halides is 3. The molecule has 0 aliphatic heterocycles. The average Bonchev–Trinajstić information content (AvgIpc) is 2.96. The van der Waals surface area contributed by atoms with Gasteiger partial charge in [0.2, 0.25) is 11.8 Å². The zero-order chi connectivity index (χ0) is 31.6. The molecule has 12 heteroatoms. The van der Waals surface area contributed by atoms with Crippen LogP contribution in [0, 0.1) is 0 Å². The van der Waals surface area contributed by atoms with Crippen molar-refractivity contribution in [2.24, 2.45) is 10.7 Å². The van der Waals surface area contributed by atoms with Gasteiger partial charge in [0.1, 0.15) is 11.9 Å². The maximum atomic E-state index is 13.3. The Morgan fingerprint density at radius 1 is 1.02 bits per heavy atom. The summed E-state index contributed by atoms with van der Waals surface area (Å²) in [5.74, 6) is -2.82. The number of nitrogens with one attached hydrogen (secondary N) is 1. The topological polar surface area (TPSA) is 125 Å². The first-order valence-corrected chi connectivity index (χ1v) is 13.2. The number of benzene rings is 3. The first-order chi connectivity index (χ1) is 20.3. The lowest BCUT2D eigenvalue weighted by molar-refractivity contribution is -0.141. The Bertz CT molecular complexity index is 1520. The van der Waals surface area contributed by atoms with Crippen molar-refractivity contribution >= 4 is 47.0 Å². The lowest BCUT2D eigenvalue weighted by Gasteiger charge is -2.23. The summed E-state index contributed by atoms with van der Waals surface area (Å²) < 4.78 is 39.4. The van der Waals surface area contributed by atoms with Gasteiger partial charge in [-0.25, -0.2) is 9.79 Å². The number of hydrogen-bond donors (Lipinski definition) is 3. The normalized spacial score (nSPS) is 12.5. The molecule has 0 aromatic heterocycles. The number of halogens is 4. The average molecular weight is 613 g/mol. The largest absolute Gasteiger partial charge is 0.480 e. The van der Waals surface area contributed by atoms with Gasteiger partial charge in [-0.1, -0.05) is 60.6 Å². The van der Waals surface area contributed by atoms with Crippen molar-refractivity contribution in [2.75, 3.05) is 4.90 Å². The van der Waals surface area contributed by atoms with Crippen LogP contribution in [0.15, 0.2) is 102 Å². The zero-order valence-electron chi connectivity index (χ0n) is 22.7. The van der Waals surface area contributed by atoms with Crippen molar-refractivity contribution in [3.63, 3.8) is 0 Å². The van der Waals surface area contributed by atoms with Crippen molar-refractivity contribution in [3.05, 3.63) is 119 Å². The number of nitrogens with zero attached hydrogens (tertiary/aromatic N) is 2. The molecule has 3 rings (SSSR count). The third-order valence-corrected chi connectivity index (χ3v) is 6.31. The summed E-state index contributed by atoms with van der Waals surface area (Å²) >= 11 is 5.99. The van der Waals surface area contributed by atoms with Gasteiger partial charge in [0.25, 0.3) is 0 Å². The summed E-state index contributed by atoms with van der Waals surface area (Å²) in [7, 11) is 0. The highest BCUT2D eigenvalue weighted by Gasteiger charge is 2.31. The molecule has 0 heterocycles. The van der Waals surface area contributed by atoms with E-state index in [-0.39, 0.29) is 17.9 Å². The monoisotopic (exact) mass is 612 g/mol. The lowest BCUT2D eigenvalue weighted by atomic mass is 10.1. The highest BCUT2D eigenvalue weighted by molar-refractivity contribution is 6.30. The molecule has 3 aromatic rings. The zero-order valence-corrected chi connectivity index (χ0v) is 23.5. The van der Waals surface area contributed by atoms with E-state index in [4.69, 9.17) is 17.3 Å². The molecule has 0 spiro atoms. The Hall–Kier alpha value is -4.90. The minimum Gasteiger partial charge on any atom is -0.480 e. The van der Waals surface area contributed by atoms with Crippen molar-refractivity contribution < 1.29 is 32.7 Å². The molecule has 0 saturated heterocycles. The van der Waals surface area contributed by atoms with Gasteiger partial charge in [-0.3, -0.25) is 14.5 Å². The third kappa shape index (κ3) is 9.86. The Balaban J connectivity index is 1.76. The quantitative estimate of drug-likeness (QED) is 0.222. The van der Waals surface area contributed by atoms with Crippen LogP contribution in [0.3, 0.4) is 0 Å². The van der Waals surface area contributed by atoms with E-state index in [9.17, 15) is 32.7 Å². The number of hydrogen-bond acceptors (Lipinski definition) is 5. The Labute approximate surface area is 251 Å². The molecule has 2 amide bonds. The molecule has 0 bridgehead atoms. The second kappa shape index (κ2) is 14.8. The molecule has 4 N–H and O–H groups in total. The van der Waals surface area contributed by atoms with Gasteiger partial charge in [-0.15, -0.1) is 0 Å². The van der Waals surface area contributed by atoms with E-state index < -0.39 is 48.4 Å². The van der Waals surface area contributed by atoms with E-state index in [1.165, 1.54) is 12.3 Å². The molecule has 1 unspecified atom stereocenters.